The van der Waals surface area contributed by atoms with E-state index in [9.17, 15) is 4.79 Å². The monoisotopic (exact) mass is 500 g/mol. The Kier molecular flexibility index (Phi) is 7.44. The van der Waals surface area contributed by atoms with Crippen LogP contribution in [0.15, 0.2) is 84.2 Å². The van der Waals surface area contributed by atoms with Gasteiger partial charge in [0, 0.05) is 42.8 Å². The number of nitrogens with one attached hydrogen (secondary N) is 1. The van der Waals surface area contributed by atoms with E-state index in [-0.39, 0.29) is 5.91 Å². The van der Waals surface area contributed by atoms with E-state index in [4.69, 9.17) is 14.5 Å². The lowest BCUT2D eigenvalue weighted by atomic mass is 10.2. The van der Waals surface area contributed by atoms with E-state index < -0.39 is 0 Å². The predicted octanol–water partition coefficient (Wildman–Crippen LogP) is 5.37. The van der Waals surface area contributed by atoms with Crippen molar-refractivity contribution in [1.82, 2.24) is 9.88 Å². The highest BCUT2D eigenvalue weighted by molar-refractivity contribution is 7.14. The quantitative estimate of drug-likeness (QED) is 0.351. The fourth-order valence-corrected chi connectivity index (χ4v) is 4.94. The summed E-state index contributed by atoms with van der Waals surface area (Å²) >= 11 is 1.65. The Balaban J connectivity index is 1.09. The molecule has 3 aromatic carbocycles. The second-order valence-corrected chi connectivity index (χ2v) is 9.33. The number of ether oxygens (including phenoxy) is 2. The molecule has 5 rings (SSSR count). The molecule has 1 aromatic heterocycles. The Morgan fingerprint density at radius 2 is 1.64 bits per heavy atom. The Bertz CT molecular complexity index is 1290. The number of carbonyl (C=O) groups is 1. The second-order valence-electron chi connectivity index (χ2n) is 8.50. The Morgan fingerprint density at radius 3 is 2.39 bits per heavy atom. The molecule has 184 valence electrons. The van der Waals surface area contributed by atoms with E-state index >= 15 is 0 Å². The number of amides is 1. The fraction of sp³-hybridized carbons (Fsp3) is 0.214. The number of rotatable bonds is 8. The molecule has 2 heterocycles. The normalized spacial score (nSPS) is 13.9. The van der Waals surface area contributed by atoms with Gasteiger partial charge < -0.3 is 19.7 Å². The smallest absolute Gasteiger partial charge is 0.238 e. The molecule has 36 heavy (non-hydrogen) atoms. The predicted molar refractivity (Wildman–Crippen MR) is 144 cm³/mol. The van der Waals surface area contributed by atoms with Gasteiger partial charge in [-0.05, 0) is 48.5 Å². The number of benzene rings is 3. The molecule has 1 amide bonds. The van der Waals surface area contributed by atoms with E-state index in [0.717, 1.165) is 65.5 Å². The second kappa shape index (κ2) is 11.2. The first kappa shape index (κ1) is 23.8. The molecule has 7 nitrogen and oxygen atoms in total. The van der Waals surface area contributed by atoms with Crippen LogP contribution in [-0.4, -0.2) is 55.6 Å². The third-order valence-electron chi connectivity index (χ3n) is 5.98. The largest absolute Gasteiger partial charge is 0.497 e. The van der Waals surface area contributed by atoms with Gasteiger partial charge in [-0.1, -0.05) is 30.3 Å². The number of nitrogens with zero attached hydrogens (tertiary/aromatic N) is 3. The number of hydrogen-bond donors (Lipinski definition) is 1. The summed E-state index contributed by atoms with van der Waals surface area (Å²) in [5.41, 5.74) is 2.76. The van der Waals surface area contributed by atoms with Crippen LogP contribution < -0.4 is 19.7 Å². The lowest BCUT2D eigenvalue weighted by Crippen LogP contribution is -2.48. The molecule has 0 spiro atoms. The molecule has 1 aliphatic rings. The number of carbonyl (C=O) groups excluding carboxylic acids is 1. The van der Waals surface area contributed by atoms with Gasteiger partial charge in [0.15, 0.2) is 5.13 Å². The van der Waals surface area contributed by atoms with Crippen LogP contribution in [0.25, 0.3) is 11.3 Å². The van der Waals surface area contributed by atoms with Crippen LogP contribution in [0.3, 0.4) is 0 Å². The summed E-state index contributed by atoms with van der Waals surface area (Å²) in [7, 11) is 1.67. The van der Waals surface area contributed by atoms with Crippen molar-refractivity contribution in [2.45, 2.75) is 0 Å². The highest BCUT2D eigenvalue weighted by atomic mass is 32.1. The molecule has 0 bridgehead atoms. The first-order valence-electron chi connectivity index (χ1n) is 11.9. The molecule has 0 aliphatic carbocycles. The molecule has 0 saturated carbocycles. The van der Waals surface area contributed by atoms with E-state index in [2.05, 4.69) is 20.5 Å². The van der Waals surface area contributed by atoms with E-state index in [0.29, 0.717) is 6.54 Å². The standard InChI is InChI=1S/C28H28N4O3S/c1-34-25-9-5-6-21(18-25)26-20-36-28(30-26)32-16-14-31(15-17-32)19-27(33)29-22-10-12-24(13-11-22)35-23-7-3-2-4-8-23/h2-13,18,20H,14-17,19H2,1H3,(H,29,33). The first-order valence-corrected chi connectivity index (χ1v) is 12.7. The van der Waals surface area contributed by atoms with Crippen molar-refractivity contribution in [2.24, 2.45) is 0 Å². The first-order chi connectivity index (χ1) is 17.7. The van der Waals surface area contributed by atoms with Crippen LogP contribution in [0.5, 0.6) is 17.2 Å². The molecular weight excluding hydrogens is 472 g/mol. The van der Waals surface area contributed by atoms with Crippen molar-refractivity contribution >= 4 is 28.1 Å². The van der Waals surface area contributed by atoms with Gasteiger partial charge in [0.2, 0.25) is 5.91 Å². The fourth-order valence-electron chi connectivity index (χ4n) is 4.06. The molecule has 1 fully saturated rings. The van der Waals surface area contributed by atoms with Crippen LogP contribution in [0.2, 0.25) is 0 Å². The number of thiazole rings is 1. The Labute approximate surface area is 214 Å². The zero-order chi connectivity index (χ0) is 24.7. The van der Waals surface area contributed by atoms with Gasteiger partial charge >= 0.3 is 0 Å². The molecule has 0 atom stereocenters. The Hall–Kier alpha value is -3.88. The van der Waals surface area contributed by atoms with Crippen LogP contribution in [0.4, 0.5) is 10.8 Å². The van der Waals surface area contributed by atoms with Crippen LogP contribution in [0.1, 0.15) is 0 Å². The molecule has 0 unspecified atom stereocenters. The van der Waals surface area contributed by atoms with Gasteiger partial charge in [0.25, 0.3) is 0 Å². The van der Waals surface area contributed by atoms with Gasteiger partial charge in [-0.3, -0.25) is 9.69 Å². The average Bonchev–Trinajstić information content (AvgIpc) is 3.41. The topological polar surface area (TPSA) is 66.9 Å². The van der Waals surface area contributed by atoms with Gasteiger partial charge in [-0.15, -0.1) is 11.3 Å². The Morgan fingerprint density at radius 1 is 0.917 bits per heavy atom. The summed E-state index contributed by atoms with van der Waals surface area (Å²) in [6, 6.07) is 25.0. The maximum absolute atomic E-state index is 12.6. The maximum Gasteiger partial charge on any atom is 0.238 e. The minimum atomic E-state index is -0.0188. The molecule has 8 heteroatoms. The van der Waals surface area contributed by atoms with Crippen LogP contribution in [0, 0.1) is 0 Å². The van der Waals surface area contributed by atoms with Crippen molar-refractivity contribution in [3.63, 3.8) is 0 Å². The minimum Gasteiger partial charge on any atom is -0.497 e. The molecule has 1 N–H and O–H groups in total. The van der Waals surface area contributed by atoms with E-state index in [1.54, 1.807) is 18.4 Å². The molecule has 1 saturated heterocycles. The van der Waals surface area contributed by atoms with Crippen LogP contribution >= 0.6 is 11.3 Å². The van der Waals surface area contributed by atoms with Crippen LogP contribution in [-0.2, 0) is 4.79 Å². The zero-order valence-electron chi connectivity index (χ0n) is 20.1. The highest BCUT2D eigenvalue weighted by Gasteiger charge is 2.21. The number of piperazine rings is 1. The number of para-hydroxylation sites is 1. The summed E-state index contributed by atoms with van der Waals surface area (Å²) < 4.78 is 11.1. The van der Waals surface area contributed by atoms with Gasteiger partial charge in [-0.2, -0.15) is 0 Å². The summed E-state index contributed by atoms with van der Waals surface area (Å²) in [4.78, 5) is 21.9. The van der Waals surface area contributed by atoms with Gasteiger partial charge in [0.05, 0.1) is 19.3 Å². The van der Waals surface area contributed by atoms with Crippen molar-refractivity contribution in [3.8, 4) is 28.5 Å². The zero-order valence-corrected chi connectivity index (χ0v) is 20.9. The average molecular weight is 501 g/mol. The van der Waals surface area contributed by atoms with Crippen molar-refractivity contribution in [2.75, 3.05) is 50.1 Å². The highest BCUT2D eigenvalue weighted by Crippen LogP contribution is 2.30. The third-order valence-corrected chi connectivity index (χ3v) is 6.89. The number of methoxy groups -OCH3 is 1. The molecule has 4 aromatic rings. The van der Waals surface area contributed by atoms with Gasteiger partial charge in [0.1, 0.15) is 17.2 Å². The van der Waals surface area contributed by atoms with E-state index in [1.165, 1.54) is 0 Å². The molecular formula is C28H28N4O3S. The molecule has 0 radical (unpaired) electrons. The summed E-state index contributed by atoms with van der Waals surface area (Å²) in [6.45, 7) is 3.66. The van der Waals surface area contributed by atoms with Gasteiger partial charge in [-0.25, -0.2) is 4.98 Å². The molecule has 1 aliphatic heterocycles. The maximum atomic E-state index is 12.6. The van der Waals surface area contributed by atoms with Crippen molar-refractivity contribution in [3.05, 3.63) is 84.2 Å². The van der Waals surface area contributed by atoms with Crippen molar-refractivity contribution in [1.29, 1.82) is 0 Å². The minimum absolute atomic E-state index is 0.0188. The number of anilines is 2. The summed E-state index contributed by atoms with van der Waals surface area (Å²) in [6.07, 6.45) is 0. The third kappa shape index (κ3) is 6.02. The van der Waals surface area contributed by atoms with E-state index in [1.807, 2.05) is 78.9 Å². The SMILES string of the molecule is COc1cccc(-c2csc(N3CCN(CC(=O)Nc4ccc(Oc5ccccc5)cc4)CC3)n2)c1. The lowest BCUT2D eigenvalue weighted by molar-refractivity contribution is -0.117. The number of aromatic nitrogens is 1. The summed E-state index contributed by atoms with van der Waals surface area (Å²) in [5, 5.41) is 6.08. The lowest BCUT2D eigenvalue weighted by Gasteiger charge is -2.34. The number of hydrogen-bond acceptors (Lipinski definition) is 7. The summed E-state index contributed by atoms with van der Waals surface area (Å²) in [5.74, 6) is 2.31. The van der Waals surface area contributed by atoms with Crippen molar-refractivity contribution < 1.29 is 14.3 Å².